The molecule has 1 aromatic heterocycles. The molecule has 2 rings (SSSR count). The first-order chi connectivity index (χ1) is 10.4. The van der Waals surface area contributed by atoms with Gasteiger partial charge in [0.05, 0.1) is 17.0 Å². The van der Waals surface area contributed by atoms with Gasteiger partial charge in [0.2, 0.25) is 0 Å². The standard InChI is InChI=1S/C20H28NP.Ir/c1-15(2)22(16(3)4,17(5)6)19-11-9-10-18(14-19)20-12-7-8-13-21-20;/h7-9,11-17H,1-6H3;. The van der Waals surface area contributed by atoms with E-state index in [4.69, 9.17) is 0 Å². The molecule has 0 N–H and O–H groups in total. The van der Waals surface area contributed by atoms with Crippen LogP contribution >= 0.6 is 7.26 Å². The predicted octanol–water partition coefficient (Wildman–Crippen LogP) is 5.41. The Morgan fingerprint density at radius 1 is 0.913 bits per heavy atom. The van der Waals surface area contributed by atoms with Crippen LogP contribution in [0.1, 0.15) is 41.5 Å². The first-order valence-electron chi connectivity index (χ1n) is 8.22. The summed E-state index contributed by atoms with van der Waals surface area (Å²) in [5.74, 6) is 0. The van der Waals surface area contributed by atoms with E-state index in [0.29, 0.717) is 17.0 Å². The van der Waals surface area contributed by atoms with Gasteiger partial charge in [-0.15, -0.1) is 29.8 Å². The minimum atomic E-state index is -1.26. The average Bonchev–Trinajstić information content (AvgIpc) is 2.48. The molecule has 2 aromatic rings. The van der Waals surface area contributed by atoms with Crippen LogP contribution in [0.25, 0.3) is 11.3 Å². The van der Waals surface area contributed by atoms with E-state index in [9.17, 15) is 0 Å². The van der Waals surface area contributed by atoms with Crippen LogP contribution in [-0.4, -0.2) is 22.0 Å². The van der Waals surface area contributed by atoms with Crippen molar-refractivity contribution in [1.29, 1.82) is 0 Å². The zero-order chi connectivity index (χ0) is 16.3. The van der Waals surface area contributed by atoms with E-state index in [-0.39, 0.29) is 20.1 Å². The largest absolute Gasteiger partial charge is 0.305 e. The summed E-state index contributed by atoms with van der Waals surface area (Å²) in [5.41, 5.74) is 4.19. The molecule has 0 spiro atoms. The Kier molecular flexibility index (Phi) is 7.59. The minimum Gasteiger partial charge on any atom is -0.305 e. The Morgan fingerprint density at radius 2 is 1.52 bits per heavy atom. The van der Waals surface area contributed by atoms with Crippen molar-refractivity contribution in [2.45, 2.75) is 58.5 Å². The zero-order valence-electron chi connectivity index (χ0n) is 15.0. The smallest absolute Gasteiger partial charge is 0.0677 e. The van der Waals surface area contributed by atoms with Crippen LogP contribution in [0.5, 0.6) is 0 Å². The van der Waals surface area contributed by atoms with E-state index in [1.807, 2.05) is 18.3 Å². The maximum absolute atomic E-state index is 4.49. The fraction of sp³-hybridized carbons (Fsp3) is 0.450. The van der Waals surface area contributed by atoms with Crippen molar-refractivity contribution < 1.29 is 20.1 Å². The Hall–Kier alpha value is -0.551. The summed E-state index contributed by atoms with van der Waals surface area (Å²) in [5, 5.41) is 1.52. The Morgan fingerprint density at radius 3 is 2.00 bits per heavy atom. The van der Waals surface area contributed by atoms with Crippen LogP contribution < -0.4 is 5.30 Å². The van der Waals surface area contributed by atoms with E-state index < -0.39 is 7.26 Å². The van der Waals surface area contributed by atoms with Crippen LogP contribution in [0, 0.1) is 6.07 Å². The molecule has 127 valence electrons. The number of benzene rings is 1. The van der Waals surface area contributed by atoms with E-state index in [2.05, 4.69) is 76.9 Å². The van der Waals surface area contributed by atoms with Gasteiger partial charge in [-0.2, -0.15) is 0 Å². The molecule has 0 bridgehead atoms. The zero-order valence-corrected chi connectivity index (χ0v) is 18.3. The van der Waals surface area contributed by atoms with Gasteiger partial charge in [-0.25, -0.2) is 0 Å². The summed E-state index contributed by atoms with van der Waals surface area (Å²) < 4.78 is 0. The van der Waals surface area contributed by atoms with E-state index in [0.717, 1.165) is 11.3 Å². The maximum atomic E-state index is 4.49. The summed E-state index contributed by atoms with van der Waals surface area (Å²) in [6.45, 7) is 14.4. The third-order valence-corrected chi connectivity index (χ3v) is 11.0. The summed E-state index contributed by atoms with van der Waals surface area (Å²) >= 11 is 0. The predicted molar refractivity (Wildman–Crippen MR) is 100 cm³/mol. The Balaban J connectivity index is 0.00000264. The fourth-order valence-corrected chi connectivity index (χ4v) is 10.1. The fourth-order valence-electron chi connectivity index (χ4n) is 4.05. The second-order valence-corrected chi connectivity index (χ2v) is 12.1. The van der Waals surface area contributed by atoms with Gasteiger partial charge in [0.1, 0.15) is 0 Å². The van der Waals surface area contributed by atoms with Gasteiger partial charge in [0.15, 0.2) is 0 Å². The van der Waals surface area contributed by atoms with Gasteiger partial charge in [-0.3, -0.25) is 0 Å². The Labute approximate surface area is 156 Å². The quantitative estimate of drug-likeness (QED) is 0.391. The first kappa shape index (κ1) is 20.5. The third kappa shape index (κ3) is 3.93. The molecule has 0 saturated heterocycles. The van der Waals surface area contributed by atoms with Gasteiger partial charge in [0, 0.05) is 38.9 Å². The Bertz CT molecular complexity index is 586. The molecule has 0 fully saturated rings. The molecule has 1 nitrogen and oxygen atoms in total. The van der Waals surface area contributed by atoms with Crippen LogP contribution in [-0.2, 0) is 20.1 Å². The van der Waals surface area contributed by atoms with Gasteiger partial charge >= 0.3 is 0 Å². The average molecular weight is 506 g/mol. The third-order valence-electron chi connectivity index (χ3n) is 4.74. The number of rotatable bonds is 5. The van der Waals surface area contributed by atoms with Gasteiger partial charge < -0.3 is 4.98 Å². The van der Waals surface area contributed by atoms with E-state index >= 15 is 0 Å². The molecular weight excluding hydrogens is 477 g/mol. The molecule has 1 aromatic carbocycles. The summed E-state index contributed by atoms with van der Waals surface area (Å²) in [4.78, 5) is 4.49. The number of pyridine rings is 1. The second-order valence-electron chi connectivity index (χ2n) is 6.79. The van der Waals surface area contributed by atoms with Gasteiger partial charge in [-0.1, -0.05) is 12.1 Å². The molecule has 0 saturated carbocycles. The molecule has 1 heterocycles. The van der Waals surface area contributed by atoms with Crippen molar-refractivity contribution in [3.8, 4) is 11.3 Å². The molecule has 3 heteroatoms. The summed E-state index contributed by atoms with van der Waals surface area (Å²) in [7, 11) is -1.26. The van der Waals surface area contributed by atoms with Crippen molar-refractivity contribution in [2.75, 3.05) is 0 Å². The monoisotopic (exact) mass is 506 g/mol. The van der Waals surface area contributed by atoms with Crippen LogP contribution in [0.4, 0.5) is 0 Å². The van der Waals surface area contributed by atoms with E-state index in [1.165, 1.54) is 5.30 Å². The summed E-state index contributed by atoms with van der Waals surface area (Å²) in [6, 6.07) is 16.2. The number of aromatic nitrogens is 1. The van der Waals surface area contributed by atoms with Crippen LogP contribution in [0.2, 0.25) is 0 Å². The number of hydrogen-bond donors (Lipinski definition) is 0. The molecule has 23 heavy (non-hydrogen) atoms. The molecule has 0 aliphatic rings. The summed E-state index contributed by atoms with van der Waals surface area (Å²) in [6.07, 6.45) is 1.85. The molecule has 0 atom stereocenters. The van der Waals surface area contributed by atoms with Crippen molar-refractivity contribution >= 4 is 12.6 Å². The normalized spacial score (nSPS) is 11.9. The molecule has 0 aliphatic carbocycles. The SMILES string of the molecule is CC(C)[P+](c1cc[c-]c(-c2ccccn2)c1)(C(C)C)C(C)C.[Ir]. The van der Waals surface area contributed by atoms with Crippen molar-refractivity contribution in [3.63, 3.8) is 0 Å². The molecule has 0 unspecified atom stereocenters. The van der Waals surface area contributed by atoms with Crippen molar-refractivity contribution in [1.82, 2.24) is 4.98 Å². The number of hydrogen-bond acceptors (Lipinski definition) is 1. The van der Waals surface area contributed by atoms with Crippen LogP contribution in [0.3, 0.4) is 0 Å². The van der Waals surface area contributed by atoms with E-state index in [1.54, 1.807) is 0 Å². The number of nitrogens with zero attached hydrogens (tertiary/aromatic N) is 1. The van der Waals surface area contributed by atoms with Gasteiger partial charge in [0.25, 0.3) is 0 Å². The van der Waals surface area contributed by atoms with Crippen LogP contribution in [0.15, 0.2) is 42.6 Å². The van der Waals surface area contributed by atoms with Crippen molar-refractivity contribution in [3.05, 3.63) is 48.7 Å². The molecule has 0 aliphatic heterocycles. The maximum Gasteiger partial charge on any atom is 0.0677 e. The van der Waals surface area contributed by atoms with Crippen molar-refractivity contribution in [2.24, 2.45) is 0 Å². The first-order valence-corrected chi connectivity index (χ1v) is 10.2. The molecule has 1 radical (unpaired) electrons. The second kappa shape index (κ2) is 8.52. The molecular formula is C20H28IrNP. The minimum absolute atomic E-state index is 0. The molecule has 0 amide bonds. The van der Waals surface area contributed by atoms with Gasteiger partial charge in [-0.05, 0) is 53.3 Å². The topological polar surface area (TPSA) is 12.9 Å².